The molecule has 0 aliphatic heterocycles. The molecule has 5 N–H and O–H groups in total. The summed E-state index contributed by atoms with van der Waals surface area (Å²) in [5.41, 5.74) is 7.18. The number of aryl methyl sites for hydroxylation is 1. The molecule has 7 nitrogen and oxygen atoms in total. The number of amides is 1. The fourth-order valence-corrected chi connectivity index (χ4v) is 3.22. The zero-order valence-corrected chi connectivity index (χ0v) is 14.5. The summed E-state index contributed by atoms with van der Waals surface area (Å²) in [6.07, 6.45) is 0. The SMILES string of the molecule is Cc1ccc(C(=O)Nc2c(O)c(S(=O)(=O)O)cc3ccccc23)cc1N. The predicted octanol–water partition coefficient (Wildman–Crippen LogP) is 2.94. The lowest BCUT2D eigenvalue weighted by Crippen LogP contribution is -2.14. The maximum absolute atomic E-state index is 12.5. The van der Waals surface area contributed by atoms with Crippen molar-refractivity contribution in [1.82, 2.24) is 0 Å². The molecule has 0 atom stereocenters. The van der Waals surface area contributed by atoms with Gasteiger partial charge in [-0.15, -0.1) is 0 Å². The van der Waals surface area contributed by atoms with Gasteiger partial charge in [-0.2, -0.15) is 8.42 Å². The number of aromatic hydroxyl groups is 1. The largest absolute Gasteiger partial charge is 0.504 e. The van der Waals surface area contributed by atoms with Gasteiger partial charge < -0.3 is 16.2 Å². The van der Waals surface area contributed by atoms with Crippen molar-refractivity contribution in [2.24, 2.45) is 0 Å². The summed E-state index contributed by atoms with van der Waals surface area (Å²) in [5.74, 6) is -1.32. The number of nitrogens with two attached hydrogens (primary N) is 1. The Labute approximate surface area is 149 Å². The Balaban J connectivity index is 2.16. The highest BCUT2D eigenvalue weighted by molar-refractivity contribution is 7.86. The van der Waals surface area contributed by atoms with Crippen molar-refractivity contribution in [3.63, 3.8) is 0 Å². The molecule has 0 aliphatic carbocycles. The molecule has 0 radical (unpaired) electrons. The molecule has 0 heterocycles. The van der Waals surface area contributed by atoms with E-state index in [1.807, 2.05) is 0 Å². The van der Waals surface area contributed by atoms with Gasteiger partial charge in [0, 0.05) is 16.6 Å². The van der Waals surface area contributed by atoms with E-state index in [0.29, 0.717) is 16.5 Å². The van der Waals surface area contributed by atoms with Crippen molar-refractivity contribution in [2.45, 2.75) is 11.8 Å². The van der Waals surface area contributed by atoms with Crippen LogP contribution in [0, 0.1) is 6.92 Å². The minimum absolute atomic E-state index is 0.111. The van der Waals surface area contributed by atoms with Gasteiger partial charge >= 0.3 is 0 Å². The van der Waals surface area contributed by atoms with E-state index in [4.69, 9.17) is 5.73 Å². The lowest BCUT2D eigenvalue weighted by atomic mass is 10.1. The molecule has 0 aliphatic rings. The summed E-state index contributed by atoms with van der Waals surface area (Å²) < 4.78 is 32.5. The molecule has 0 saturated carbocycles. The highest BCUT2D eigenvalue weighted by Crippen LogP contribution is 2.38. The van der Waals surface area contributed by atoms with E-state index in [9.17, 15) is 22.9 Å². The number of anilines is 2. The van der Waals surface area contributed by atoms with Gasteiger partial charge in [-0.3, -0.25) is 9.35 Å². The molecular formula is C18H16N2O5S. The van der Waals surface area contributed by atoms with Gasteiger partial charge in [0.2, 0.25) is 0 Å². The lowest BCUT2D eigenvalue weighted by Gasteiger charge is -2.14. The van der Waals surface area contributed by atoms with Crippen molar-refractivity contribution in [2.75, 3.05) is 11.1 Å². The van der Waals surface area contributed by atoms with E-state index < -0.39 is 26.7 Å². The van der Waals surface area contributed by atoms with Gasteiger partial charge in [0.1, 0.15) is 4.90 Å². The molecule has 0 fully saturated rings. The monoisotopic (exact) mass is 372 g/mol. The second-order valence-electron chi connectivity index (χ2n) is 5.82. The van der Waals surface area contributed by atoms with E-state index in [0.717, 1.165) is 11.6 Å². The van der Waals surface area contributed by atoms with Crippen LogP contribution in [0.1, 0.15) is 15.9 Å². The third kappa shape index (κ3) is 3.19. The molecule has 0 bridgehead atoms. The molecule has 0 saturated heterocycles. The van der Waals surface area contributed by atoms with Crippen molar-refractivity contribution < 1.29 is 22.9 Å². The van der Waals surface area contributed by atoms with E-state index in [1.54, 1.807) is 43.3 Å². The third-order valence-corrected chi connectivity index (χ3v) is 4.91. The minimum atomic E-state index is -4.68. The minimum Gasteiger partial charge on any atom is -0.504 e. The summed E-state index contributed by atoms with van der Waals surface area (Å²) in [5, 5.41) is 13.7. The molecule has 3 rings (SSSR count). The number of hydrogen-bond donors (Lipinski definition) is 4. The molecule has 26 heavy (non-hydrogen) atoms. The maximum Gasteiger partial charge on any atom is 0.298 e. The highest BCUT2D eigenvalue weighted by Gasteiger charge is 2.22. The average molecular weight is 372 g/mol. The summed E-state index contributed by atoms with van der Waals surface area (Å²) in [7, 11) is -4.68. The standard InChI is InChI=1S/C18H16N2O5S/c1-10-6-7-12(8-14(10)19)18(22)20-16-13-5-3-2-4-11(13)9-15(17(16)21)26(23,24)25/h2-9,21H,19H2,1H3,(H,20,22)(H,23,24,25). The molecule has 3 aromatic carbocycles. The van der Waals surface area contributed by atoms with Crippen LogP contribution in [0.25, 0.3) is 10.8 Å². The van der Waals surface area contributed by atoms with Crippen LogP contribution in [0.3, 0.4) is 0 Å². The number of benzene rings is 3. The number of nitrogen functional groups attached to an aromatic ring is 1. The van der Waals surface area contributed by atoms with Crippen LogP contribution < -0.4 is 11.1 Å². The van der Waals surface area contributed by atoms with Crippen molar-refractivity contribution in [1.29, 1.82) is 0 Å². The van der Waals surface area contributed by atoms with Crippen LogP contribution in [-0.4, -0.2) is 24.0 Å². The number of carbonyl (C=O) groups excluding carboxylic acids is 1. The Morgan fingerprint density at radius 3 is 2.46 bits per heavy atom. The Hall–Kier alpha value is -3.10. The first-order valence-electron chi connectivity index (χ1n) is 7.58. The number of rotatable bonds is 3. The Bertz CT molecular complexity index is 1140. The zero-order valence-electron chi connectivity index (χ0n) is 13.7. The van der Waals surface area contributed by atoms with Crippen LogP contribution in [0.15, 0.2) is 53.4 Å². The smallest absolute Gasteiger partial charge is 0.298 e. The summed E-state index contributed by atoms with van der Waals surface area (Å²) in [4.78, 5) is 11.9. The van der Waals surface area contributed by atoms with Gasteiger partial charge in [0.05, 0.1) is 5.69 Å². The number of nitrogens with one attached hydrogen (secondary N) is 1. The van der Waals surface area contributed by atoms with E-state index in [2.05, 4.69) is 5.32 Å². The van der Waals surface area contributed by atoms with Crippen LogP contribution in [-0.2, 0) is 10.1 Å². The summed E-state index contributed by atoms with van der Waals surface area (Å²) in [6, 6.07) is 12.4. The highest BCUT2D eigenvalue weighted by atomic mass is 32.2. The van der Waals surface area contributed by atoms with Gasteiger partial charge in [-0.05, 0) is 36.1 Å². The fraction of sp³-hybridized carbons (Fsp3) is 0.0556. The molecule has 134 valence electrons. The lowest BCUT2D eigenvalue weighted by molar-refractivity contribution is 0.102. The van der Waals surface area contributed by atoms with Gasteiger partial charge in [-0.25, -0.2) is 0 Å². The van der Waals surface area contributed by atoms with Crippen LogP contribution in [0.4, 0.5) is 11.4 Å². The molecular weight excluding hydrogens is 356 g/mol. The second-order valence-corrected chi connectivity index (χ2v) is 7.21. The molecule has 0 spiro atoms. The van der Waals surface area contributed by atoms with Crippen LogP contribution >= 0.6 is 0 Å². The first-order valence-corrected chi connectivity index (χ1v) is 9.02. The van der Waals surface area contributed by atoms with E-state index in [-0.39, 0.29) is 11.3 Å². The van der Waals surface area contributed by atoms with Crippen molar-refractivity contribution in [3.05, 3.63) is 59.7 Å². The Morgan fingerprint density at radius 2 is 1.81 bits per heavy atom. The summed E-state index contributed by atoms with van der Waals surface area (Å²) >= 11 is 0. The summed E-state index contributed by atoms with van der Waals surface area (Å²) in [6.45, 7) is 1.80. The molecule has 0 unspecified atom stereocenters. The Morgan fingerprint density at radius 1 is 1.12 bits per heavy atom. The van der Waals surface area contributed by atoms with E-state index in [1.165, 1.54) is 6.07 Å². The Kier molecular flexibility index (Phi) is 4.31. The number of hydrogen-bond acceptors (Lipinski definition) is 5. The molecule has 3 aromatic rings. The quantitative estimate of drug-likeness (QED) is 0.318. The normalized spacial score (nSPS) is 11.5. The van der Waals surface area contributed by atoms with Crippen LogP contribution in [0.5, 0.6) is 5.75 Å². The van der Waals surface area contributed by atoms with Crippen molar-refractivity contribution in [3.8, 4) is 5.75 Å². The molecule has 0 aromatic heterocycles. The first kappa shape index (κ1) is 17.7. The maximum atomic E-state index is 12.5. The molecule has 8 heteroatoms. The number of phenolic OH excluding ortho intramolecular Hbond substituents is 1. The zero-order chi connectivity index (χ0) is 19.1. The van der Waals surface area contributed by atoms with Crippen LogP contribution in [0.2, 0.25) is 0 Å². The van der Waals surface area contributed by atoms with Crippen molar-refractivity contribution >= 4 is 38.2 Å². The third-order valence-electron chi connectivity index (χ3n) is 4.04. The van der Waals surface area contributed by atoms with Gasteiger partial charge in [-0.1, -0.05) is 30.3 Å². The second kappa shape index (κ2) is 6.32. The van der Waals surface area contributed by atoms with Gasteiger partial charge in [0.15, 0.2) is 5.75 Å². The fourth-order valence-electron chi connectivity index (χ4n) is 2.60. The van der Waals surface area contributed by atoms with Gasteiger partial charge in [0.25, 0.3) is 16.0 Å². The molecule has 1 amide bonds. The predicted molar refractivity (Wildman–Crippen MR) is 99.0 cm³/mol. The average Bonchev–Trinajstić information content (AvgIpc) is 2.58. The van der Waals surface area contributed by atoms with E-state index >= 15 is 0 Å². The number of fused-ring (bicyclic) bond motifs is 1. The first-order chi connectivity index (χ1) is 12.2. The topological polar surface area (TPSA) is 130 Å². The number of carbonyl (C=O) groups is 1. The number of phenols is 1.